The second-order valence-electron chi connectivity index (χ2n) is 6.00. The fraction of sp³-hybridized carbons (Fsp3) is 0.625. The van der Waals surface area contributed by atoms with Gasteiger partial charge in [0.1, 0.15) is 5.75 Å². The van der Waals surface area contributed by atoms with Crippen molar-refractivity contribution in [2.45, 2.75) is 20.3 Å². The van der Waals surface area contributed by atoms with E-state index in [-0.39, 0.29) is 0 Å². The van der Waals surface area contributed by atoms with Crippen molar-refractivity contribution >= 4 is 21.6 Å². The molecule has 112 valence electrons. The van der Waals surface area contributed by atoms with E-state index in [2.05, 4.69) is 52.1 Å². The quantitative estimate of drug-likeness (QED) is 0.857. The van der Waals surface area contributed by atoms with Gasteiger partial charge in [-0.05, 0) is 43.5 Å². The SMILES string of the molecule is COc1cc(Br)cc(N2CCC(CNCC(C)C)C2)c1. The van der Waals surface area contributed by atoms with Crippen molar-refractivity contribution in [3.8, 4) is 5.75 Å². The van der Waals surface area contributed by atoms with Crippen LogP contribution < -0.4 is 15.0 Å². The first-order chi connectivity index (χ1) is 9.58. The van der Waals surface area contributed by atoms with E-state index in [1.54, 1.807) is 7.11 Å². The Hall–Kier alpha value is -0.740. The maximum absolute atomic E-state index is 5.34. The largest absolute Gasteiger partial charge is 0.497 e. The third-order valence-electron chi connectivity index (χ3n) is 3.73. The minimum atomic E-state index is 0.724. The minimum Gasteiger partial charge on any atom is -0.497 e. The summed E-state index contributed by atoms with van der Waals surface area (Å²) in [4.78, 5) is 2.45. The van der Waals surface area contributed by atoms with Crippen LogP contribution >= 0.6 is 15.9 Å². The summed E-state index contributed by atoms with van der Waals surface area (Å²) in [5.41, 5.74) is 1.25. The second kappa shape index (κ2) is 7.32. The van der Waals surface area contributed by atoms with Gasteiger partial charge in [-0.15, -0.1) is 0 Å². The zero-order chi connectivity index (χ0) is 14.5. The highest BCUT2D eigenvalue weighted by Crippen LogP contribution is 2.30. The predicted molar refractivity (Wildman–Crippen MR) is 88.7 cm³/mol. The normalized spacial score (nSPS) is 18.9. The highest BCUT2D eigenvalue weighted by atomic mass is 79.9. The van der Waals surface area contributed by atoms with Crippen LogP contribution in [-0.2, 0) is 0 Å². The molecule has 1 fully saturated rings. The average Bonchev–Trinajstić information content (AvgIpc) is 2.86. The molecule has 2 rings (SSSR count). The Morgan fingerprint density at radius 3 is 2.90 bits per heavy atom. The van der Waals surface area contributed by atoms with E-state index < -0.39 is 0 Å². The van der Waals surface area contributed by atoms with Crippen LogP contribution in [0, 0.1) is 11.8 Å². The van der Waals surface area contributed by atoms with Crippen molar-refractivity contribution in [1.82, 2.24) is 5.32 Å². The Morgan fingerprint density at radius 1 is 1.40 bits per heavy atom. The number of rotatable bonds is 6. The van der Waals surface area contributed by atoms with Gasteiger partial charge in [-0.3, -0.25) is 0 Å². The summed E-state index contributed by atoms with van der Waals surface area (Å²) in [6, 6.07) is 6.29. The lowest BCUT2D eigenvalue weighted by molar-refractivity contribution is 0.414. The summed E-state index contributed by atoms with van der Waals surface area (Å²) in [5.74, 6) is 2.39. The molecule has 0 radical (unpaired) electrons. The Morgan fingerprint density at radius 2 is 2.20 bits per heavy atom. The van der Waals surface area contributed by atoms with E-state index in [4.69, 9.17) is 4.74 Å². The molecule has 1 aromatic carbocycles. The molecule has 3 nitrogen and oxygen atoms in total. The van der Waals surface area contributed by atoms with Gasteiger partial charge in [-0.25, -0.2) is 0 Å². The summed E-state index contributed by atoms with van der Waals surface area (Å²) in [5, 5.41) is 3.57. The first kappa shape index (κ1) is 15.6. The number of halogens is 1. The van der Waals surface area contributed by atoms with E-state index in [9.17, 15) is 0 Å². The Labute approximate surface area is 130 Å². The molecule has 0 bridgehead atoms. The van der Waals surface area contributed by atoms with Gasteiger partial charge in [-0.2, -0.15) is 0 Å². The highest BCUT2D eigenvalue weighted by molar-refractivity contribution is 9.10. The Kier molecular flexibility index (Phi) is 5.73. The maximum atomic E-state index is 5.34. The number of nitrogens with zero attached hydrogens (tertiary/aromatic N) is 1. The molecule has 0 aromatic heterocycles. The molecule has 0 spiro atoms. The summed E-state index contributed by atoms with van der Waals surface area (Å²) in [6.45, 7) is 9.00. The zero-order valence-corrected chi connectivity index (χ0v) is 14.2. The molecule has 1 aliphatic heterocycles. The van der Waals surface area contributed by atoms with Crippen molar-refractivity contribution in [3.05, 3.63) is 22.7 Å². The Balaban J connectivity index is 1.90. The highest BCUT2D eigenvalue weighted by Gasteiger charge is 2.23. The van der Waals surface area contributed by atoms with E-state index in [1.165, 1.54) is 12.1 Å². The zero-order valence-electron chi connectivity index (χ0n) is 12.7. The topological polar surface area (TPSA) is 24.5 Å². The minimum absolute atomic E-state index is 0.724. The van der Waals surface area contributed by atoms with Crippen LogP contribution in [0.25, 0.3) is 0 Å². The molecule has 1 aliphatic rings. The maximum Gasteiger partial charge on any atom is 0.122 e. The molecule has 1 aromatic rings. The summed E-state index contributed by atoms with van der Waals surface area (Å²) in [6.07, 6.45) is 1.26. The molecule has 1 N–H and O–H groups in total. The van der Waals surface area contributed by atoms with Crippen molar-refractivity contribution in [2.24, 2.45) is 11.8 Å². The molecule has 1 atom stereocenters. The molecule has 0 aliphatic carbocycles. The first-order valence-electron chi connectivity index (χ1n) is 7.38. The van der Waals surface area contributed by atoms with Crippen LogP contribution in [0.4, 0.5) is 5.69 Å². The van der Waals surface area contributed by atoms with Crippen LogP contribution in [0.3, 0.4) is 0 Å². The summed E-state index contributed by atoms with van der Waals surface area (Å²) in [7, 11) is 1.72. The van der Waals surface area contributed by atoms with Crippen molar-refractivity contribution in [1.29, 1.82) is 0 Å². The van der Waals surface area contributed by atoms with Crippen LogP contribution in [0.2, 0.25) is 0 Å². The van der Waals surface area contributed by atoms with Gasteiger partial charge in [0.2, 0.25) is 0 Å². The molecule has 1 heterocycles. The molecule has 1 saturated heterocycles. The monoisotopic (exact) mass is 340 g/mol. The van der Waals surface area contributed by atoms with Gasteiger partial charge in [0.25, 0.3) is 0 Å². The number of ether oxygens (including phenoxy) is 1. The third kappa shape index (κ3) is 4.38. The van der Waals surface area contributed by atoms with E-state index in [1.807, 2.05) is 6.07 Å². The number of anilines is 1. The number of nitrogens with one attached hydrogen (secondary N) is 1. The Bertz CT molecular complexity index is 436. The fourth-order valence-electron chi connectivity index (χ4n) is 2.66. The number of methoxy groups -OCH3 is 1. The van der Waals surface area contributed by atoms with Crippen LogP contribution in [0.5, 0.6) is 5.75 Å². The molecule has 0 saturated carbocycles. The number of benzene rings is 1. The lowest BCUT2D eigenvalue weighted by Crippen LogP contribution is -2.28. The van der Waals surface area contributed by atoms with E-state index in [0.717, 1.165) is 48.2 Å². The number of hydrogen-bond donors (Lipinski definition) is 1. The van der Waals surface area contributed by atoms with Gasteiger partial charge >= 0.3 is 0 Å². The summed E-state index contributed by atoms with van der Waals surface area (Å²) >= 11 is 3.55. The van der Waals surface area contributed by atoms with Gasteiger partial charge in [0, 0.05) is 29.3 Å². The second-order valence-corrected chi connectivity index (χ2v) is 6.92. The molecule has 20 heavy (non-hydrogen) atoms. The van der Waals surface area contributed by atoms with Crippen molar-refractivity contribution in [2.75, 3.05) is 38.2 Å². The average molecular weight is 341 g/mol. The van der Waals surface area contributed by atoms with Gasteiger partial charge < -0.3 is 15.0 Å². The van der Waals surface area contributed by atoms with Gasteiger partial charge in [0.05, 0.1) is 7.11 Å². The molecular weight excluding hydrogens is 316 g/mol. The number of hydrogen-bond acceptors (Lipinski definition) is 3. The molecule has 0 amide bonds. The van der Waals surface area contributed by atoms with Crippen molar-refractivity contribution in [3.63, 3.8) is 0 Å². The smallest absolute Gasteiger partial charge is 0.122 e. The lowest BCUT2D eigenvalue weighted by Gasteiger charge is -2.20. The first-order valence-corrected chi connectivity index (χ1v) is 8.18. The molecular formula is C16H25BrN2O. The summed E-state index contributed by atoms with van der Waals surface area (Å²) < 4.78 is 6.42. The van der Waals surface area contributed by atoms with Gasteiger partial charge in [0.15, 0.2) is 0 Å². The van der Waals surface area contributed by atoms with Gasteiger partial charge in [-0.1, -0.05) is 29.8 Å². The van der Waals surface area contributed by atoms with Crippen LogP contribution in [-0.4, -0.2) is 33.3 Å². The van der Waals surface area contributed by atoms with Crippen LogP contribution in [0.15, 0.2) is 22.7 Å². The predicted octanol–water partition coefficient (Wildman–Crippen LogP) is 3.53. The fourth-order valence-corrected chi connectivity index (χ4v) is 3.12. The molecule has 1 unspecified atom stereocenters. The molecule has 4 heteroatoms. The van der Waals surface area contributed by atoms with E-state index >= 15 is 0 Å². The van der Waals surface area contributed by atoms with Crippen molar-refractivity contribution < 1.29 is 4.74 Å². The van der Waals surface area contributed by atoms with Crippen LogP contribution in [0.1, 0.15) is 20.3 Å². The standard InChI is InChI=1S/C16H25BrN2O/c1-12(2)9-18-10-13-4-5-19(11-13)15-6-14(17)7-16(8-15)20-3/h6-8,12-13,18H,4-5,9-11H2,1-3H3. The third-order valence-corrected chi connectivity index (χ3v) is 4.19. The lowest BCUT2D eigenvalue weighted by atomic mass is 10.1. The van der Waals surface area contributed by atoms with E-state index in [0.29, 0.717) is 0 Å².